The monoisotopic (exact) mass is 174 g/mol. The molecule has 0 unspecified atom stereocenters. The Morgan fingerprint density at radius 2 is 2.15 bits per heavy atom. The van der Waals surface area contributed by atoms with Crippen molar-refractivity contribution in [2.24, 2.45) is 0 Å². The molecule has 0 saturated heterocycles. The molecule has 13 heavy (non-hydrogen) atoms. The average Bonchev–Trinajstić information content (AvgIpc) is 2.63. The van der Waals surface area contributed by atoms with Gasteiger partial charge in [0.25, 0.3) is 11.8 Å². The molecule has 0 atom stereocenters. The summed E-state index contributed by atoms with van der Waals surface area (Å²) in [7, 11) is 0. The minimum absolute atomic E-state index is 0.247. The molecule has 3 rings (SSSR count). The van der Waals surface area contributed by atoms with Crippen molar-refractivity contribution in [3.63, 3.8) is 0 Å². The maximum atomic E-state index is 11.3. The van der Waals surface area contributed by atoms with Crippen molar-refractivity contribution < 1.29 is 9.59 Å². The summed E-state index contributed by atoms with van der Waals surface area (Å²) in [5.74, 6) is -0.513. The van der Waals surface area contributed by atoms with E-state index in [9.17, 15) is 9.59 Å². The molecule has 0 spiro atoms. The average molecular weight is 174 g/mol. The van der Waals surface area contributed by atoms with Gasteiger partial charge in [0.2, 0.25) is 0 Å². The highest BCUT2D eigenvalue weighted by molar-refractivity contribution is 6.36. The van der Waals surface area contributed by atoms with E-state index in [1.165, 1.54) is 0 Å². The molecule has 3 heterocycles. The van der Waals surface area contributed by atoms with E-state index >= 15 is 0 Å². The molecule has 0 fully saturated rings. The summed E-state index contributed by atoms with van der Waals surface area (Å²) in [6, 6.07) is 3.72. The molecule has 2 amide bonds. The summed E-state index contributed by atoms with van der Waals surface area (Å²) in [6.45, 7) is 0.523. The minimum atomic E-state index is -0.266. The number of nitrogens with one attached hydrogen (secondary N) is 1. The topological polar surface area (TPSA) is 51.1 Å². The molecule has 0 radical (unpaired) electrons. The third-order valence-electron chi connectivity index (χ3n) is 2.44. The first-order chi connectivity index (χ1) is 6.27. The van der Waals surface area contributed by atoms with Crippen LogP contribution in [0.3, 0.4) is 0 Å². The predicted octanol–water partition coefficient (Wildman–Crippen LogP) is -0.0883. The lowest BCUT2D eigenvalue weighted by molar-refractivity contribution is -0.123. The zero-order valence-corrected chi connectivity index (χ0v) is 6.70. The predicted molar refractivity (Wildman–Crippen MR) is 44.5 cm³/mol. The number of imide groups is 1. The molecular formula is C9H6N2O2. The van der Waals surface area contributed by atoms with Gasteiger partial charge in [0.1, 0.15) is 0 Å². The van der Waals surface area contributed by atoms with Crippen LogP contribution in [0.2, 0.25) is 0 Å². The molecule has 0 saturated carbocycles. The van der Waals surface area contributed by atoms with Crippen molar-refractivity contribution in [1.29, 1.82) is 0 Å². The van der Waals surface area contributed by atoms with E-state index in [1.807, 2.05) is 22.9 Å². The van der Waals surface area contributed by atoms with Gasteiger partial charge in [-0.3, -0.25) is 14.9 Å². The zero-order chi connectivity index (χ0) is 9.00. The summed E-state index contributed by atoms with van der Waals surface area (Å²) in [5, 5.41) is 2.28. The maximum Gasteiger partial charge on any atom is 0.260 e. The second-order valence-corrected chi connectivity index (χ2v) is 3.16. The number of carbonyl (C=O) groups excluding carboxylic acids is 2. The maximum absolute atomic E-state index is 11.3. The number of hydrogen-bond acceptors (Lipinski definition) is 2. The number of nitrogens with zero attached hydrogens (tertiary/aromatic N) is 1. The smallest absolute Gasteiger partial charge is 0.260 e. The Bertz CT molecular complexity index is 468. The van der Waals surface area contributed by atoms with Gasteiger partial charge in [-0.25, -0.2) is 0 Å². The lowest BCUT2D eigenvalue weighted by Gasteiger charge is -2.01. The molecule has 0 aromatic carbocycles. The van der Waals surface area contributed by atoms with Gasteiger partial charge in [0, 0.05) is 6.20 Å². The van der Waals surface area contributed by atoms with Gasteiger partial charge < -0.3 is 4.57 Å². The van der Waals surface area contributed by atoms with Gasteiger partial charge in [0.05, 0.1) is 23.4 Å². The van der Waals surface area contributed by atoms with Crippen LogP contribution >= 0.6 is 0 Å². The Morgan fingerprint density at radius 3 is 3.00 bits per heavy atom. The first-order valence-electron chi connectivity index (χ1n) is 4.02. The number of fused-ring (bicyclic) bond motifs is 2. The fourth-order valence-corrected chi connectivity index (χ4v) is 1.86. The van der Waals surface area contributed by atoms with Crippen molar-refractivity contribution >= 4 is 17.4 Å². The van der Waals surface area contributed by atoms with Crippen LogP contribution < -0.4 is 5.32 Å². The minimum Gasteiger partial charge on any atom is -0.343 e. The van der Waals surface area contributed by atoms with Crippen molar-refractivity contribution in [3.8, 4) is 0 Å². The van der Waals surface area contributed by atoms with Crippen molar-refractivity contribution in [3.05, 3.63) is 29.6 Å². The van der Waals surface area contributed by atoms with Gasteiger partial charge in [-0.1, -0.05) is 0 Å². The molecular weight excluding hydrogens is 168 g/mol. The molecule has 2 aliphatic rings. The summed E-state index contributed by atoms with van der Waals surface area (Å²) >= 11 is 0. The number of aromatic nitrogens is 1. The highest BCUT2D eigenvalue weighted by Gasteiger charge is 2.36. The fourth-order valence-electron chi connectivity index (χ4n) is 1.86. The second kappa shape index (κ2) is 1.90. The highest BCUT2D eigenvalue weighted by atomic mass is 16.2. The highest BCUT2D eigenvalue weighted by Crippen LogP contribution is 2.31. The molecule has 1 N–H and O–H groups in total. The molecule has 2 aliphatic heterocycles. The van der Waals surface area contributed by atoms with Gasteiger partial charge >= 0.3 is 0 Å². The van der Waals surface area contributed by atoms with E-state index in [4.69, 9.17) is 0 Å². The zero-order valence-electron chi connectivity index (χ0n) is 6.70. The number of hydrogen-bond donors (Lipinski definition) is 1. The summed E-state index contributed by atoms with van der Waals surface area (Å²) in [6.07, 6.45) is 1.87. The van der Waals surface area contributed by atoms with E-state index < -0.39 is 0 Å². The largest absolute Gasteiger partial charge is 0.343 e. The van der Waals surface area contributed by atoms with Crippen LogP contribution in [-0.2, 0) is 16.1 Å². The van der Waals surface area contributed by atoms with Gasteiger partial charge in [-0.05, 0) is 12.1 Å². The van der Waals surface area contributed by atoms with E-state index in [0.29, 0.717) is 17.7 Å². The van der Waals surface area contributed by atoms with Gasteiger partial charge in [-0.2, -0.15) is 0 Å². The summed E-state index contributed by atoms with van der Waals surface area (Å²) < 4.78 is 1.90. The van der Waals surface area contributed by atoms with Crippen molar-refractivity contribution in [1.82, 2.24) is 9.88 Å². The molecule has 1 aromatic heterocycles. The third-order valence-corrected chi connectivity index (χ3v) is 2.44. The standard InChI is InChI=1S/C9H6N2O2/c12-8-5-4-11-3-1-2-6(11)7(5)9(13)10-8/h1-3H,4H2,(H,10,12,13). The van der Waals surface area contributed by atoms with Gasteiger partial charge in [-0.15, -0.1) is 0 Å². The van der Waals surface area contributed by atoms with Crippen LogP contribution in [0.5, 0.6) is 0 Å². The number of rotatable bonds is 0. The van der Waals surface area contributed by atoms with E-state index in [-0.39, 0.29) is 11.8 Å². The Kier molecular flexibility index (Phi) is 0.974. The van der Waals surface area contributed by atoms with Crippen LogP contribution in [0.1, 0.15) is 5.69 Å². The summed E-state index contributed by atoms with van der Waals surface area (Å²) in [5.41, 5.74) is 1.99. The molecule has 4 nitrogen and oxygen atoms in total. The number of amides is 2. The molecule has 64 valence electrons. The Labute approximate surface area is 73.8 Å². The van der Waals surface area contributed by atoms with Gasteiger partial charge in [0.15, 0.2) is 0 Å². The van der Waals surface area contributed by atoms with Crippen LogP contribution in [0.15, 0.2) is 23.9 Å². The summed E-state index contributed by atoms with van der Waals surface area (Å²) in [4.78, 5) is 22.6. The number of carbonyl (C=O) groups is 2. The fraction of sp³-hybridized carbons (Fsp3) is 0.111. The van der Waals surface area contributed by atoms with Crippen LogP contribution in [0, 0.1) is 0 Å². The first kappa shape index (κ1) is 6.65. The Morgan fingerprint density at radius 1 is 1.31 bits per heavy atom. The quantitative estimate of drug-likeness (QED) is 0.559. The van der Waals surface area contributed by atoms with Crippen LogP contribution in [-0.4, -0.2) is 16.4 Å². The molecule has 0 bridgehead atoms. The molecule has 0 aliphatic carbocycles. The SMILES string of the molecule is O=C1NC(=O)C2=C1Cn1cccc12. The third kappa shape index (κ3) is 0.654. The first-order valence-corrected chi connectivity index (χ1v) is 4.02. The Hall–Kier alpha value is -1.84. The molecule has 4 heteroatoms. The normalized spacial score (nSPS) is 19.1. The lowest BCUT2D eigenvalue weighted by Crippen LogP contribution is -2.25. The van der Waals surface area contributed by atoms with Crippen molar-refractivity contribution in [2.45, 2.75) is 6.54 Å². The van der Waals surface area contributed by atoms with E-state index in [2.05, 4.69) is 5.32 Å². The van der Waals surface area contributed by atoms with Crippen LogP contribution in [0.4, 0.5) is 0 Å². The second-order valence-electron chi connectivity index (χ2n) is 3.16. The van der Waals surface area contributed by atoms with Crippen LogP contribution in [0.25, 0.3) is 5.57 Å². The molecule has 1 aromatic rings. The Balaban J connectivity index is 2.27. The van der Waals surface area contributed by atoms with E-state index in [1.54, 1.807) is 0 Å². The van der Waals surface area contributed by atoms with Crippen molar-refractivity contribution in [2.75, 3.05) is 0 Å². The lowest BCUT2D eigenvalue weighted by atomic mass is 10.1. The van der Waals surface area contributed by atoms with E-state index in [0.717, 1.165) is 5.69 Å².